The van der Waals surface area contributed by atoms with Crippen LogP contribution < -0.4 is 0 Å². The molecule has 0 aliphatic carbocycles. The Morgan fingerprint density at radius 1 is 1.20 bits per heavy atom. The highest BCUT2D eigenvalue weighted by Gasteiger charge is 2.15. The van der Waals surface area contributed by atoms with Crippen LogP contribution in [0.3, 0.4) is 0 Å². The Kier molecular flexibility index (Phi) is 4.34. The second kappa shape index (κ2) is 6.04. The molecule has 1 unspecified atom stereocenters. The third kappa shape index (κ3) is 3.02. The van der Waals surface area contributed by atoms with Crippen molar-refractivity contribution in [3.63, 3.8) is 0 Å². The molecule has 4 heteroatoms. The number of aryl methyl sites for hydroxylation is 1. The monoisotopic (exact) mass is 410 g/mol. The van der Waals surface area contributed by atoms with Gasteiger partial charge < -0.3 is 0 Å². The summed E-state index contributed by atoms with van der Waals surface area (Å²) in [5.41, 5.74) is 3.57. The van der Waals surface area contributed by atoms with E-state index in [1.807, 2.05) is 11.3 Å². The van der Waals surface area contributed by atoms with Crippen molar-refractivity contribution in [2.75, 3.05) is 0 Å². The average molecular weight is 412 g/mol. The Balaban J connectivity index is 2.15. The zero-order valence-electron chi connectivity index (χ0n) is 11.1. The maximum Gasteiger partial charge on any atom is 0.258 e. The summed E-state index contributed by atoms with van der Waals surface area (Å²) in [4.78, 5) is 5.41. The van der Waals surface area contributed by atoms with Crippen LogP contribution in [0.15, 0.2) is 40.9 Å². The second-order valence-corrected chi connectivity index (χ2v) is 8.47. The van der Waals surface area contributed by atoms with Gasteiger partial charge in [0, 0.05) is 21.4 Å². The van der Waals surface area contributed by atoms with Gasteiger partial charge in [0.25, 0.3) is 9.40 Å². The molecule has 0 fully saturated rings. The minimum atomic E-state index is 0.540. The average Bonchev–Trinajstić information content (AvgIpc) is 2.42. The topological polar surface area (TPSA) is 12.9 Å². The predicted molar refractivity (Wildman–Crippen MR) is 95.9 cm³/mol. The van der Waals surface area contributed by atoms with Crippen molar-refractivity contribution < 1.29 is 0 Å². The number of halogens is 2. The molecule has 0 saturated carbocycles. The summed E-state index contributed by atoms with van der Waals surface area (Å²) in [6.07, 6.45) is 2.19. The molecule has 1 aromatic heterocycles. The number of para-hydroxylation sites is 1. The van der Waals surface area contributed by atoms with Crippen LogP contribution in [0.25, 0.3) is 20.4 Å². The van der Waals surface area contributed by atoms with Gasteiger partial charge in [-0.2, -0.15) is 0 Å². The van der Waals surface area contributed by atoms with Gasteiger partial charge in [0.05, 0.1) is 0 Å². The molecule has 2 aromatic carbocycles. The maximum atomic E-state index is 4.87. The molecule has 1 heterocycles. The van der Waals surface area contributed by atoms with Gasteiger partial charge in [-0.1, -0.05) is 50.9 Å². The zero-order chi connectivity index (χ0) is 14.1. The molecule has 0 radical (unpaired) electrons. The summed E-state index contributed by atoms with van der Waals surface area (Å²) in [5.74, 6) is 0. The Morgan fingerprint density at radius 3 is 2.85 bits per heavy atom. The number of aromatic nitrogens is 1. The van der Waals surface area contributed by atoms with E-state index in [-0.39, 0.29) is 0 Å². The third-order valence-electron chi connectivity index (χ3n) is 3.27. The van der Waals surface area contributed by atoms with Crippen molar-refractivity contribution >= 4 is 63.6 Å². The van der Waals surface area contributed by atoms with Gasteiger partial charge in [0.15, 0.2) is 0 Å². The van der Waals surface area contributed by atoms with Gasteiger partial charge in [0.1, 0.15) is 11.0 Å². The summed E-state index contributed by atoms with van der Waals surface area (Å²) < 4.78 is 3.58. The lowest BCUT2D eigenvalue weighted by Gasteiger charge is -2.04. The third-order valence-corrected chi connectivity index (χ3v) is 5.32. The van der Waals surface area contributed by atoms with Crippen molar-refractivity contribution in [3.8, 4) is 0 Å². The van der Waals surface area contributed by atoms with E-state index >= 15 is 0 Å². The Hall–Kier alpha value is -0.580. The van der Waals surface area contributed by atoms with Crippen molar-refractivity contribution in [3.05, 3.63) is 46.4 Å². The SMILES string of the molecule is CC(Br)CCc1cccc2[s+]c3cc(Br)ccc3nc12. The van der Waals surface area contributed by atoms with Gasteiger partial charge in [0.2, 0.25) is 11.3 Å². The molecule has 1 atom stereocenters. The van der Waals surface area contributed by atoms with E-state index in [0.717, 1.165) is 28.3 Å². The second-order valence-electron chi connectivity index (χ2n) is 4.91. The van der Waals surface area contributed by atoms with Gasteiger partial charge in [-0.25, -0.2) is 4.98 Å². The molecule has 20 heavy (non-hydrogen) atoms. The van der Waals surface area contributed by atoms with Crippen LogP contribution in [0.2, 0.25) is 0 Å². The summed E-state index contributed by atoms with van der Waals surface area (Å²) in [7, 11) is 0. The van der Waals surface area contributed by atoms with Gasteiger partial charge >= 0.3 is 0 Å². The van der Waals surface area contributed by atoms with Crippen LogP contribution in [0.4, 0.5) is 0 Å². The molecule has 3 rings (SSSR count). The van der Waals surface area contributed by atoms with E-state index in [9.17, 15) is 0 Å². The molecule has 0 spiro atoms. The van der Waals surface area contributed by atoms with Crippen molar-refractivity contribution in [2.24, 2.45) is 0 Å². The number of hydrogen-bond acceptors (Lipinski definition) is 1. The van der Waals surface area contributed by atoms with E-state index < -0.39 is 0 Å². The normalized spacial score (nSPS) is 12.9. The fraction of sp³-hybridized carbons (Fsp3) is 0.250. The van der Waals surface area contributed by atoms with Crippen molar-refractivity contribution in [1.29, 1.82) is 0 Å². The van der Waals surface area contributed by atoms with E-state index in [1.54, 1.807) is 0 Å². The lowest BCUT2D eigenvalue weighted by molar-refractivity contribution is 0.825. The van der Waals surface area contributed by atoms with Crippen LogP contribution in [0, 0.1) is 0 Å². The highest BCUT2D eigenvalue weighted by molar-refractivity contribution is 9.10. The molecular formula is C16H14Br2NS+. The summed E-state index contributed by atoms with van der Waals surface area (Å²) in [6.45, 7) is 2.19. The number of rotatable bonds is 3. The lowest BCUT2D eigenvalue weighted by Crippen LogP contribution is -1.96. The Labute approximate surface area is 139 Å². The van der Waals surface area contributed by atoms with E-state index in [1.165, 1.54) is 15.0 Å². The quantitative estimate of drug-likeness (QED) is 0.283. The molecule has 1 nitrogen and oxygen atoms in total. The summed E-state index contributed by atoms with van der Waals surface area (Å²) in [6, 6.07) is 12.8. The van der Waals surface area contributed by atoms with E-state index in [2.05, 4.69) is 75.2 Å². The first-order chi connectivity index (χ1) is 9.63. The van der Waals surface area contributed by atoms with E-state index in [4.69, 9.17) is 4.98 Å². The number of fused-ring (bicyclic) bond motifs is 2. The zero-order valence-corrected chi connectivity index (χ0v) is 15.1. The highest BCUT2D eigenvalue weighted by Crippen LogP contribution is 2.30. The minimum Gasteiger partial charge on any atom is -0.237 e. The van der Waals surface area contributed by atoms with Crippen LogP contribution in [0.5, 0.6) is 0 Å². The molecule has 0 bridgehead atoms. The predicted octanol–water partition coefficient (Wildman–Crippen LogP) is 6.21. The van der Waals surface area contributed by atoms with Crippen LogP contribution in [-0.4, -0.2) is 9.81 Å². The van der Waals surface area contributed by atoms with Gasteiger partial charge in [-0.05, 0) is 30.5 Å². The molecule has 0 amide bonds. The number of hydrogen-bond donors (Lipinski definition) is 0. The van der Waals surface area contributed by atoms with Gasteiger partial charge in [-0.15, -0.1) is 0 Å². The molecule has 0 aliphatic heterocycles. The van der Waals surface area contributed by atoms with Crippen LogP contribution >= 0.6 is 43.2 Å². The largest absolute Gasteiger partial charge is 0.258 e. The first kappa shape index (κ1) is 14.4. The number of alkyl halides is 1. The fourth-order valence-electron chi connectivity index (χ4n) is 2.23. The van der Waals surface area contributed by atoms with E-state index in [0.29, 0.717) is 4.83 Å². The molecule has 102 valence electrons. The summed E-state index contributed by atoms with van der Waals surface area (Å²) in [5, 5.41) is 0. The number of benzene rings is 2. The van der Waals surface area contributed by atoms with Crippen molar-refractivity contribution in [2.45, 2.75) is 24.6 Å². The first-order valence-electron chi connectivity index (χ1n) is 6.58. The molecular weight excluding hydrogens is 398 g/mol. The van der Waals surface area contributed by atoms with Crippen molar-refractivity contribution in [1.82, 2.24) is 4.98 Å². The summed E-state index contributed by atoms with van der Waals surface area (Å²) >= 11 is 8.96. The number of nitrogens with zero attached hydrogens (tertiary/aromatic N) is 1. The van der Waals surface area contributed by atoms with Gasteiger partial charge in [-0.3, -0.25) is 0 Å². The maximum absolute atomic E-state index is 4.87. The Bertz CT molecular complexity index is 771. The first-order valence-corrected chi connectivity index (χ1v) is 9.11. The fourth-order valence-corrected chi connectivity index (χ4v) is 4.04. The molecule has 0 N–H and O–H groups in total. The molecule has 0 aliphatic rings. The molecule has 3 aromatic rings. The standard InChI is InChI=1S/C16H14Br2NS/c1-10(17)5-6-11-3-2-4-14-16(11)19-13-8-7-12(18)9-15(13)20-14/h2-4,7-10H,5-6H2,1H3/q+1. The highest BCUT2D eigenvalue weighted by atomic mass is 79.9. The smallest absolute Gasteiger partial charge is 0.237 e. The Morgan fingerprint density at radius 2 is 2.05 bits per heavy atom. The van der Waals surface area contributed by atoms with Crippen LogP contribution in [-0.2, 0) is 6.42 Å². The lowest BCUT2D eigenvalue weighted by atomic mass is 10.1. The minimum absolute atomic E-state index is 0.540. The molecule has 0 saturated heterocycles. The van der Waals surface area contributed by atoms with Crippen LogP contribution in [0.1, 0.15) is 18.9 Å².